The second-order valence-corrected chi connectivity index (χ2v) is 7.84. The van der Waals surface area contributed by atoms with Gasteiger partial charge in [-0.3, -0.25) is 14.2 Å². The van der Waals surface area contributed by atoms with Crippen LogP contribution in [0.25, 0.3) is 11.0 Å². The molecule has 2 aromatic heterocycles. The van der Waals surface area contributed by atoms with Gasteiger partial charge in [-0.1, -0.05) is 12.1 Å². The second kappa shape index (κ2) is 7.86. The number of thiazole rings is 1. The first kappa shape index (κ1) is 19.4. The van der Waals surface area contributed by atoms with E-state index in [4.69, 9.17) is 0 Å². The molecule has 4 rings (SSSR count). The van der Waals surface area contributed by atoms with E-state index in [1.54, 1.807) is 36.6 Å². The molecular formula is C19H19F2N5O2S. The summed E-state index contributed by atoms with van der Waals surface area (Å²) >= 11 is 1.25. The molecule has 1 aliphatic rings. The Bertz CT molecular complexity index is 1060. The highest BCUT2D eigenvalue weighted by molar-refractivity contribution is 7.13. The largest absolute Gasteiger partial charge is 0.346 e. The zero-order chi connectivity index (χ0) is 20.5. The van der Waals surface area contributed by atoms with E-state index < -0.39 is 12.6 Å². The van der Waals surface area contributed by atoms with Gasteiger partial charge in [-0.05, 0) is 31.9 Å². The summed E-state index contributed by atoms with van der Waals surface area (Å²) in [5.74, 6) is -0.253. The van der Waals surface area contributed by atoms with Gasteiger partial charge in [-0.2, -0.15) is 8.78 Å². The molecule has 2 N–H and O–H groups in total. The smallest absolute Gasteiger partial charge is 0.320 e. The van der Waals surface area contributed by atoms with Crippen LogP contribution in [0.15, 0.2) is 29.6 Å². The van der Waals surface area contributed by atoms with Gasteiger partial charge in [0.15, 0.2) is 5.13 Å². The maximum Gasteiger partial charge on any atom is 0.320 e. The van der Waals surface area contributed by atoms with E-state index in [-0.39, 0.29) is 30.0 Å². The average Bonchev–Trinajstić information content (AvgIpc) is 3.32. The SMILES string of the molecule is C[C@H](NC(=O)Cc1csc(NC(=O)C2CC2)n1)c1nc2ccccc2n1C(F)F. The molecule has 1 atom stereocenters. The van der Waals surface area contributed by atoms with Crippen LogP contribution in [-0.2, 0) is 16.0 Å². The molecule has 2 heterocycles. The summed E-state index contributed by atoms with van der Waals surface area (Å²) < 4.78 is 28.0. The number of alkyl halides is 2. The molecule has 7 nitrogen and oxygen atoms in total. The van der Waals surface area contributed by atoms with Gasteiger partial charge in [-0.15, -0.1) is 11.3 Å². The van der Waals surface area contributed by atoms with Crippen LogP contribution in [0.1, 0.15) is 43.9 Å². The van der Waals surface area contributed by atoms with E-state index in [1.807, 2.05) is 0 Å². The van der Waals surface area contributed by atoms with Gasteiger partial charge in [-0.25, -0.2) is 9.97 Å². The molecule has 29 heavy (non-hydrogen) atoms. The maximum atomic E-state index is 13.6. The highest BCUT2D eigenvalue weighted by Gasteiger charge is 2.30. The number of halogens is 2. The monoisotopic (exact) mass is 419 g/mol. The summed E-state index contributed by atoms with van der Waals surface area (Å²) in [5.41, 5.74) is 1.27. The lowest BCUT2D eigenvalue weighted by Crippen LogP contribution is -2.30. The van der Waals surface area contributed by atoms with Gasteiger partial charge in [0.25, 0.3) is 0 Å². The lowest BCUT2D eigenvalue weighted by atomic mass is 10.2. The van der Waals surface area contributed by atoms with E-state index in [1.165, 1.54) is 11.3 Å². The lowest BCUT2D eigenvalue weighted by molar-refractivity contribution is -0.121. The molecule has 2 amide bonds. The van der Waals surface area contributed by atoms with Crippen LogP contribution in [-0.4, -0.2) is 26.3 Å². The minimum atomic E-state index is -2.77. The fraction of sp³-hybridized carbons (Fsp3) is 0.368. The predicted molar refractivity (Wildman–Crippen MR) is 105 cm³/mol. The van der Waals surface area contributed by atoms with Gasteiger partial charge in [0, 0.05) is 11.3 Å². The number of nitrogens with one attached hydrogen (secondary N) is 2. The second-order valence-electron chi connectivity index (χ2n) is 6.98. The predicted octanol–water partition coefficient (Wildman–Crippen LogP) is 3.66. The van der Waals surface area contributed by atoms with Crippen molar-refractivity contribution in [2.45, 2.75) is 38.8 Å². The third-order valence-corrected chi connectivity index (χ3v) is 5.46. The molecule has 1 fully saturated rings. The molecule has 0 unspecified atom stereocenters. The number of carbonyl (C=O) groups is 2. The van der Waals surface area contributed by atoms with Crippen molar-refractivity contribution in [1.82, 2.24) is 19.9 Å². The van der Waals surface area contributed by atoms with Crippen molar-refractivity contribution in [3.05, 3.63) is 41.2 Å². The lowest BCUT2D eigenvalue weighted by Gasteiger charge is -2.15. The third-order valence-electron chi connectivity index (χ3n) is 4.65. The first-order valence-corrected chi connectivity index (χ1v) is 10.1. The summed E-state index contributed by atoms with van der Waals surface area (Å²) in [6.07, 6.45) is 1.77. The molecular weight excluding hydrogens is 400 g/mol. The molecule has 0 bridgehead atoms. The molecule has 0 radical (unpaired) electrons. The number of benzene rings is 1. The highest BCUT2D eigenvalue weighted by atomic mass is 32.1. The van der Waals surface area contributed by atoms with Crippen molar-refractivity contribution >= 4 is 39.3 Å². The Morgan fingerprint density at radius 3 is 2.76 bits per heavy atom. The van der Waals surface area contributed by atoms with Crippen molar-refractivity contribution in [3.63, 3.8) is 0 Å². The zero-order valence-electron chi connectivity index (χ0n) is 15.6. The van der Waals surface area contributed by atoms with E-state index >= 15 is 0 Å². The number of imidazole rings is 1. The number of carbonyl (C=O) groups excluding carboxylic acids is 2. The summed E-state index contributed by atoms with van der Waals surface area (Å²) in [4.78, 5) is 32.7. The Balaban J connectivity index is 1.42. The minimum Gasteiger partial charge on any atom is -0.346 e. The van der Waals surface area contributed by atoms with Crippen LogP contribution in [0, 0.1) is 5.92 Å². The number of amides is 2. The van der Waals surface area contributed by atoms with Crippen molar-refractivity contribution in [3.8, 4) is 0 Å². The summed E-state index contributed by atoms with van der Waals surface area (Å²) in [7, 11) is 0. The number of anilines is 1. The summed E-state index contributed by atoms with van der Waals surface area (Å²) in [6.45, 7) is -1.16. The van der Waals surface area contributed by atoms with Crippen molar-refractivity contribution < 1.29 is 18.4 Å². The van der Waals surface area contributed by atoms with Crippen molar-refractivity contribution in [2.75, 3.05) is 5.32 Å². The van der Waals surface area contributed by atoms with Crippen LogP contribution in [0.5, 0.6) is 0 Å². The van der Waals surface area contributed by atoms with Crippen LogP contribution in [0.2, 0.25) is 0 Å². The quantitative estimate of drug-likeness (QED) is 0.612. The van der Waals surface area contributed by atoms with Crippen molar-refractivity contribution in [2.24, 2.45) is 5.92 Å². The molecule has 0 saturated heterocycles. The van der Waals surface area contributed by atoms with Gasteiger partial charge >= 0.3 is 6.55 Å². The van der Waals surface area contributed by atoms with Crippen LogP contribution < -0.4 is 10.6 Å². The maximum absolute atomic E-state index is 13.6. The molecule has 152 valence electrons. The number of hydrogen-bond donors (Lipinski definition) is 2. The minimum absolute atomic E-state index is 0.0188. The van der Waals surface area contributed by atoms with E-state index in [9.17, 15) is 18.4 Å². The average molecular weight is 419 g/mol. The summed E-state index contributed by atoms with van der Waals surface area (Å²) in [5, 5.41) is 7.59. The Morgan fingerprint density at radius 1 is 1.28 bits per heavy atom. The highest BCUT2D eigenvalue weighted by Crippen LogP contribution is 2.31. The third kappa shape index (κ3) is 4.26. The first-order chi connectivity index (χ1) is 13.9. The standard InChI is InChI=1S/C19H19F2N5O2S/c1-10(16-24-13-4-2-3-5-14(13)26(16)18(20)21)22-15(27)8-12-9-29-19(23-12)25-17(28)11-6-7-11/h2-5,9-11,18H,6-8H2,1H3,(H,22,27)(H,23,25,28)/t10-/m0/s1. The fourth-order valence-electron chi connectivity index (χ4n) is 3.09. The molecule has 1 saturated carbocycles. The number of fused-ring (bicyclic) bond motifs is 1. The van der Waals surface area contributed by atoms with Gasteiger partial charge in [0.05, 0.1) is 29.2 Å². The van der Waals surface area contributed by atoms with Crippen LogP contribution in [0.4, 0.5) is 13.9 Å². The molecule has 0 spiro atoms. The van der Waals surface area contributed by atoms with E-state index in [0.717, 1.165) is 17.4 Å². The van der Waals surface area contributed by atoms with Crippen LogP contribution >= 0.6 is 11.3 Å². The Kier molecular flexibility index (Phi) is 5.27. The molecule has 0 aliphatic heterocycles. The molecule has 3 aromatic rings. The number of nitrogens with zero attached hydrogens (tertiary/aromatic N) is 3. The van der Waals surface area contributed by atoms with Gasteiger partial charge < -0.3 is 10.6 Å². The van der Waals surface area contributed by atoms with Gasteiger partial charge in [0.2, 0.25) is 11.8 Å². The zero-order valence-corrected chi connectivity index (χ0v) is 16.4. The summed E-state index contributed by atoms with van der Waals surface area (Å²) in [6, 6.07) is 5.90. The van der Waals surface area contributed by atoms with Crippen molar-refractivity contribution in [1.29, 1.82) is 0 Å². The van der Waals surface area contributed by atoms with Gasteiger partial charge in [0.1, 0.15) is 5.82 Å². The Morgan fingerprint density at radius 2 is 2.03 bits per heavy atom. The number of hydrogen-bond acceptors (Lipinski definition) is 5. The number of rotatable bonds is 7. The molecule has 10 heteroatoms. The number of para-hydroxylation sites is 2. The first-order valence-electron chi connectivity index (χ1n) is 9.22. The fourth-order valence-corrected chi connectivity index (χ4v) is 3.81. The molecule has 1 aliphatic carbocycles. The van der Waals surface area contributed by atoms with E-state index in [2.05, 4.69) is 20.6 Å². The Hall–Kier alpha value is -2.88. The topological polar surface area (TPSA) is 88.9 Å². The van der Waals surface area contributed by atoms with E-state index in [0.29, 0.717) is 21.9 Å². The normalized spacial score (nSPS) is 14.9. The van der Waals surface area contributed by atoms with Crippen LogP contribution in [0.3, 0.4) is 0 Å². The number of aromatic nitrogens is 3. The Labute approximate surface area is 169 Å². The molecule has 1 aromatic carbocycles.